The van der Waals surface area contributed by atoms with Crippen LogP contribution in [0.2, 0.25) is 5.02 Å². The molecule has 17 heavy (non-hydrogen) atoms. The molecule has 0 aromatic heterocycles. The number of Topliss-reactive ketones (excluding diaryl/α,β-unsaturated/α-hetero) is 1. The van der Waals surface area contributed by atoms with Gasteiger partial charge in [-0.05, 0) is 13.0 Å². The molecule has 0 saturated heterocycles. The first kappa shape index (κ1) is 13.3. The van der Waals surface area contributed by atoms with Crippen LogP contribution in [0.5, 0.6) is 5.75 Å². The molecule has 90 valence electrons. The molecule has 1 rings (SSSR count). The predicted octanol–water partition coefficient (Wildman–Crippen LogP) is 3.31. The van der Waals surface area contributed by atoms with Crippen molar-refractivity contribution in [1.29, 1.82) is 5.26 Å². The van der Waals surface area contributed by atoms with Crippen molar-refractivity contribution in [3.8, 4) is 11.8 Å². The van der Waals surface area contributed by atoms with Crippen molar-refractivity contribution in [1.82, 2.24) is 0 Å². The molecule has 0 radical (unpaired) electrons. The van der Waals surface area contributed by atoms with Crippen LogP contribution in [0.1, 0.15) is 22.8 Å². The van der Waals surface area contributed by atoms with Crippen LogP contribution in [-0.2, 0) is 0 Å². The maximum atomic E-state index is 12.0. The van der Waals surface area contributed by atoms with Crippen LogP contribution >= 0.6 is 11.6 Å². The predicted molar refractivity (Wildman–Crippen MR) is 52.9 cm³/mol. The molecule has 0 bridgehead atoms. The van der Waals surface area contributed by atoms with Crippen molar-refractivity contribution in [2.45, 2.75) is 13.3 Å². The Hall–Kier alpha value is -1.74. The van der Waals surface area contributed by atoms with Crippen molar-refractivity contribution >= 4 is 17.4 Å². The fourth-order valence-electron chi connectivity index (χ4n) is 1.12. The summed E-state index contributed by atoms with van der Waals surface area (Å²) in [5.74, 6) is -1.18. The third-order valence-corrected chi connectivity index (χ3v) is 2.11. The van der Waals surface area contributed by atoms with E-state index < -0.39 is 23.5 Å². The number of benzene rings is 1. The molecule has 0 aliphatic carbocycles. The Morgan fingerprint density at radius 1 is 1.47 bits per heavy atom. The summed E-state index contributed by atoms with van der Waals surface area (Å²) in [6.45, 7) is 1.19. The average molecular weight is 264 g/mol. The van der Waals surface area contributed by atoms with E-state index in [-0.39, 0.29) is 10.6 Å². The highest BCUT2D eigenvalue weighted by atomic mass is 35.5. The van der Waals surface area contributed by atoms with E-state index in [2.05, 4.69) is 4.74 Å². The molecule has 0 fully saturated rings. The highest BCUT2D eigenvalue weighted by Crippen LogP contribution is 2.31. The number of ether oxygens (including phenoxy) is 1. The molecular weight excluding hydrogens is 259 g/mol. The molecule has 0 aliphatic heterocycles. The number of carbonyl (C=O) groups is 1. The number of nitrogens with zero attached hydrogens (tertiary/aromatic N) is 1. The van der Waals surface area contributed by atoms with Crippen LogP contribution in [-0.4, -0.2) is 12.1 Å². The minimum Gasteiger partial charge on any atom is -0.404 e. The summed E-state index contributed by atoms with van der Waals surface area (Å²) in [6, 6.07) is 3.26. The van der Waals surface area contributed by atoms with E-state index in [4.69, 9.17) is 16.9 Å². The average Bonchev–Trinajstić information content (AvgIpc) is 2.14. The van der Waals surface area contributed by atoms with E-state index >= 15 is 0 Å². The number of halogens is 4. The van der Waals surface area contributed by atoms with Gasteiger partial charge >= 0.3 is 6.36 Å². The molecule has 0 amide bonds. The summed E-state index contributed by atoms with van der Waals surface area (Å²) < 4.78 is 39.6. The zero-order valence-electron chi connectivity index (χ0n) is 8.43. The Morgan fingerprint density at radius 3 is 2.47 bits per heavy atom. The van der Waals surface area contributed by atoms with E-state index in [0.29, 0.717) is 0 Å². The lowest BCUT2D eigenvalue weighted by atomic mass is 10.1. The first-order valence-corrected chi connectivity index (χ1v) is 4.62. The van der Waals surface area contributed by atoms with Crippen LogP contribution in [0, 0.1) is 11.3 Å². The summed E-state index contributed by atoms with van der Waals surface area (Å²) >= 11 is 5.60. The normalized spacial score (nSPS) is 10.8. The second-order valence-electron chi connectivity index (χ2n) is 3.04. The lowest BCUT2D eigenvalue weighted by molar-refractivity contribution is -0.274. The Morgan fingerprint density at radius 2 is 2.06 bits per heavy atom. The number of carbonyl (C=O) groups excluding carboxylic acids is 1. The zero-order chi connectivity index (χ0) is 13.2. The van der Waals surface area contributed by atoms with Gasteiger partial charge in [-0.2, -0.15) is 5.26 Å². The fourth-order valence-corrected chi connectivity index (χ4v) is 1.41. The largest absolute Gasteiger partial charge is 0.573 e. The van der Waals surface area contributed by atoms with Gasteiger partial charge in [-0.3, -0.25) is 4.79 Å². The molecule has 1 aromatic rings. The number of alkyl halides is 3. The van der Waals surface area contributed by atoms with Crippen LogP contribution in [0.25, 0.3) is 0 Å². The standard InChI is InChI=1S/C10H5ClF3NO2/c1-5(16)7-2-6(4-15)9(3-8(7)11)17-10(12,13)14/h2-3H,1H3. The van der Waals surface area contributed by atoms with E-state index in [1.165, 1.54) is 13.0 Å². The molecule has 0 heterocycles. The van der Waals surface area contributed by atoms with E-state index in [1.54, 1.807) is 0 Å². The van der Waals surface area contributed by atoms with Gasteiger partial charge in [0.25, 0.3) is 0 Å². The molecule has 1 aromatic carbocycles. The van der Waals surface area contributed by atoms with Gasteiger partial charge in [0.15, 0.2) is 5.78 Å². The van der Waals surface area contributed by atoms with Gasteiger partial charge in [0.05, 0.1) is 10.6 Å². The molecule has 0 unspecified atom stereocenters. The summed E-state index contributed by atoms with van der Waals surface area (Å²) in [5, 5.41) is 8.46. The van der Waals surface area contributed by atoms with Gasteiger partial charge in [0.2, 0.25) is 0 Å². The fraction of sp³-hybridized carbons (Fsp3) is 0.200. The highest BCUT2D eigenvalue weighted by molar-refractivity contribution is 6.34. The molecule has 0 aliphatic rings. The van der Waals surface area contributed by atoms with Gasteiger partial charge in [-0.15, -0.1) is 13.2 Å². The number of rotatable bonds is 2. The second kappa shape index (κ2) is 4.63. The van der Waals surface area contributed by atoms with Gasteiger partial charge in [-0.25, -0.2) is 0 Å². The molecule has 0 saturated carbocycles. The van der Waals surface area contributed by atoms with Crippen LogP contribution < -0.4 is 4.74 Å². The molecule has 0 N–H and O–H groups in total. The Balaban J connectivity index is 3.30. The number of hydrogen-bond acceptors (Lipinski definition) is 3. The molecule has 0 spiro atoms. The Bertz CT molecular complexity index is 505. The minimum atomic E-state index is -4.92. The Labute approximate surface area is 99.4 Å². The maximum Gasteiger partial charge on any atom is 0.573 e. The van der Waals surface area contributed by atoms with Crippen LogP contribution in [0.4, 0.5) is 13.2 Å². The Kier molecular flexibility index (Phi) is 3.63. The topological polar surface area (TPSA) is 50.1 Å². The second-order valence-corrected chi connectivity index (χ2v) is 3.45. The number of ketones is 1. The third kappa shape index (κ3) is 3.36. The molecular formula is C10H5ClF3NO2. The maximum absolute atomic E-state index is 12.0. The van der Waals surface area contributed by atoms with E-state index in [9.17, 15) is 18.0 Å². The summed E-state index contributed by atoms with van der Waals surface area (Å²) in [7, 11) is 0. The van der Waals surface area contributed by atoms with Gasteiger partial charge in [0.1, 0.15) is 11.8 Å². The first-order valence-electron chi connectivity index (χ1n) is 4.25. The van der Waals surface area contributed by atoms with Gasteiger partial charge < -0.3 is 4.74 Å². The monoisotopic (exact) mass is 263 g/mol. The molecule has 7 heteroatoms. The van der Waals surface area contributed by atoms with E-state index in [1.807, 2.05) is 0 Å². The van der Waals surface area contributed by atoms with Crippen molar-refractivity contribution in [3.05, 3.63) is 28.3 Å². The lowest BCUT2D eigenvalue weighted by Gasteiger charge is -2.11. The van der Waals surface area contributed by atoms with Gasteiger partial charge in [0, 0.05) is 11.6 Å². The number of hydrogen-bond donors (Lipinski definition) is 0. The van der Waals surface area contributed by atoms with Crippen molar-refractivity contribution in [2.24, 2.45) is 0 Å². The van der Waals surface area contributed by atoms with Crippen LogP contribution in [0.3, 0.4) is 0 Å². The van der Waals surface area contributed by atoms with Crippen molar-refractivity contribution in [3.63, 3.8) is 0 Å². The van der Waals surface area contributed by atoms with Crippen LogP contribution in [0.15, 0.2) is 12.1 Å². The highest BCUT2D eigenvalue weighted by Gasteiger charge is 2.32. The van der Waals surface area contributed by atoms with E-state index in [0.717, 1.165) is 12.1 Å². The summed E-state index contributed by atoms with van der Waals surface area (Å²) in [4.78, 5) is 11.1. The van der Waals surface area contributed by atoms with Crippen molar-refractivity contribution in [2.75, 3.05) is 0 Å². The van der Waals surface area contributed by atoms with Crippen molar-refractivity contribution < 1.29 is 22.7 Å². The summed E-state index contributed by atoms with van der Waals surface area (Å²) in [6.07, 6.45) is -4.92. The third-order valence-electron chi connectivity index (χ3n) is 1.79. The lowest BCUT2D eigenvalue weighted by Crippen LogP contribution is -2.18. The smallest absolute Gasteiger partial charge is 0.404 e. The summed E-state index contributed by atoms with van der Waals surface area (Å²) in [5.41, 5.74) is -0.435. The zero-order valence-corrected chi connectivity index (χ0v) is 9.19. The number of nitriles is 1. The first-order chi connectivity index (χ1) is 7.74. The molecule has 3 nitrogen and oxygen atoms in total. The van der Waals surface area contributed by atoms with Gasteiger partial charge in [-0.1, -0.05) is 11.6 Å². The quantitative estimate of drug-likeness (QED) is 0.769. The molecule has 0 atom stereocenters. The SMILES string of the molecule is CC(=O)c1cc(C#N)c(OC(F)(F)F)cc1Cl. The minimum absolute atomic E-state index is 0.0299.